The van der Waals surface area contributed by atoms with E-state index in [-0.39, 0.29) is 5.91 Å². The molecule has 0 aliphatic carbocycles. The number of pyridine rings is 1. The standard InChI is InChI=1S/C15H12ClN3O/c16-13-5-1-2-6-14(13)19-15(20)12(9-17)8-11-4-3-7-18-10-11/h1-7,10,12H,8H2,(H,19,20). The average molecular weight is 286 g/mol. The lowest BCUT2D eigenvalue weighted by Gasteiger charge is -2.11. The summed E-state index contributed by atoms with van der Waals surface area (Å²) in [4.78, 5) is 16.1. The molecule has 1 heterocycles. The van der Waals surface area contributed by atoms with Crippen LogP contribution < -0.4 is 5.32 Å². The minimum Gasteiger partial charge on any atom is -0.324 e. The number of aromatic nitrogens is 1. The number of benzene rings is 1. The van der Waals surface area contributed by atoms with Crippen LogP contribution in [0.15, 0.2) is 48.8 Å². The zero-order valence-corrected chi connectivity index (χ0v) is 11.3. The van der Waals surface area contributed by atoms with Crippen molar-refractivity contribution in [3.05, 3.63) is 59.4 Å². The highest BCUT2D eigenvalue weighted by molar-refractivity contribution is 6.33. The van der Waals surface area contributed by atoms with Crippen molar-refractivity contribution in [3.8, 4) is 6.07 Å². The van der Waals surface area contributed by atoms with Crippen LogP contribution in [0.5, 0.6) is 0 Å². The Labute approximate surface area is 122 Å². The smallest absolute Gasteiger partial charge is 0.242 e. The van der Waals surface area contributed by atoms with Crippen molar-refractivity contribution in [2.45, 2.75) is 6.42 Å². The molecule has 5 heteroatoms. The maximum Gasteiger partial charge on any atom is 0.242 e. The molecule has 0 bridgehead atoms. The zero-order chi connectivity index (χ0) is 14.4. The van der Waals surface area contributed by atoms with E-state index in [0.717, 1.165) is 5.56 Å². The second kappa shape index (κ2) is 6.69. The molecular weight excluding hydrogens is 274 g/mol. The number of para-hydroxylation sites is 1. The average Bonchev–Trinajstić information content (AvgIpc) is 2.48. The fourth-order valence-corrected chi connectivity index (χ4v) is 1.92. The number of anilines is 1. The van der Waals surface area contributed by atoms with Crippen LogP contribution in [-0.2, 0) is 11.2 Å². The van der Waals surface area contributed by atoms with E-state index in [1.54, 1.807) is 42.7 Å². The lowest BCUT2D eigenvalue weighted by atomic mass is 10.0. The Kier molecular flexibility index (Phi) is 4.70. The number of rotatable bonds is 4. The molecule has 0 saturated heterocycles. The van der Waals surface area contributed by atoms with Gasteiger partial charge in [0.2, 0.25) is 5.91 Å². The van der Waals surface area contributed by atoms with Gasteiger partial charge < -0.3 is 5.32 Å². The summed E-state index contributed by atoms with van der Waals surface area (Å²) in [6.45, 7) is 0. The van der Waals surface area contributed by atoms with Gasteiger partial charge in [-0.2, -0.15) is 5.26 Å². The van der Waals surface area contributed by atoms with Gasteiger partial charge in [0, 0.05) is 12.4 Å². The minimum atomic E-state index is -0.782. The molecule has 2 aromatic rings. The van der Waals surface area contributed by atoms with E-state index in [0.29, 0.717) is 17.1 Å². The Bertz CT molecular complexity index is 637. The first-order valence-electron chi connectivity index (χ1n) is 6.04. The third-order valence-corrected chi connectivity index (χ3v) is 3.10. The van der Waals surface area contributed by atoms with Gasteiger partial charge in [-0.15, -0.1) is 0 Å². The maximum absolute atomic E-state index is 12.1. The SMILES string of the molecule is N#CC(Cc1cccnc1)C(=O)Nc1ccccc1Cl. The normalized spacial score (nSPS) is 11.4. The quantitative estimate of drug-likeness (QED) is 0.939. The summed E-state index contributed by atoms with van der Waals surface area (Å²) in [5.74, 6) is -1.15. The number of carbonyl (C=O) groups is 1. The van der Waals surface area contributed by atoms with Gasteiger partial charge in [0.1, 0.15) is 5.92 Å². The van der Waals surface area contributed by atoms with E-state index < -0.39 is 5.92 Å². The summed E-state index contributed by atoms with van der Waals surface area (Å²) in [7, 11) is 0. The molecule has 1 aromatic heterocycles. The molecule has 20 heavy (non-hydrogen) atoms. The fraction of sp³-hybridized carbons (Fsp3) is 0.133. The van der Waals surface area contributed by atoms with Crippen LogP contribution in [0.4, 0.5) is 5.69 Å². The van der Waals surface area contributed by atoms with Crippen LogP contribution in [0.25, 0.3) is 0 Å². The highest BCUT2D eigenvalue weighted by atomic mass is 35.5. The van der Waals surface area contributed by atoms with Gasteiger partial charge in [-0.05, 0) is 30.2 Å². The molecule has 1 amide bonds. The highest BCUT2D eigenvalue weighted by Crippen LogP contribution is 2.21. The summed E-state index contributed by atoms with van der Waals surface area (Å²) in [5.41, 5.74) is 1.35. The van der Waals surface area contributed by atoms with Gasteiger partial charge in [0.05, 0.1) is 16.8 Å². The first-order valence-corrected chi connectivity index (χ1v) is 6.42. The molecular formula is C15H12ClN3O. The molecule has 2 rings (SSSR count). The first-order chi connectivity index (χ1) is 9.70. The van der Waals surface area contributed by atoms with E-state index in [1.807, 2.05) is 12.1 Å². The number of amides is 1. The van der Waals surface area contributed by atoms with E-state index in [1.165, 1.54) is 0 Å². The molecule has 4 nitrogen and oxygen atoms in total. The van der Waals surface area contributed by atoms with Gasteiger partial charge in [0.25, 0.3) is 0 Å². The highest BCUT2D eigenvalue weighted by Gasteiger charge is 2.19. The van der Waals surface area contributed by atoms with Gasteiger partial charge in [-0.25, -0.2) is 0 Å². The van der Waals surface area contributed by atoms with Crippen LogP contribution in [0.2, 0.25) is 5.02 Å². The van der Waals surface area contributed by atoms with Gasteiger partial charge in [0.15, 0.2) is 0 Å². The Balaban J connectivity index is 2.07. The summed E-state index contributed by atoms with van der Waals surface area (Å²) in [5, 5.41) is 12.3. The Morgan fingerprint density at radius 1 is 1.35 bits per heavy atom. The summed E-state index contributed by atoms with van der Waals surface area (Å²) >= 11 is 5.97. The van der Waals surface area contributed by atoms with Crippen molar-refractivity contribution < 1.29 is 4.79 Å². The van der Waals surface area contributed by atoms with E-state index in [4.69, 9.17) is 16.9 Å². The maximum atomic E-state index is 12.1. The van der Waals surface area contributed by atoms with Gasteiger partial charge in [-0.3, -0.25) is 9.78 Å². The molecule has 1 aromatic carbocycles. The molecule has 0 aliphatic heterocycles. The van der Waals surface area contributed by atoms with Crippen molar-refractivity contribution in [2.75, 3.05) is 5.32 Å². The Morgan fingerprint density at radius 3 is 2.80 bits per heavy atom. The third-order valence-electron chi connectivity index (χ3n) is 2.77. The molecule has 100 valence electrons. The number of nitriles is 1. The largest absolute Gasteiger partial charge is 0.324 e. The summed E-state index contributed by atoms with van der Waals surface area (Å²) in [6, 6.07) is 12.5. The van der Waals surface area contributed by atoms with Crippen molar-refractivity contribution >= 4 is 23.2 Å². The van der Waals surface area contributed by atoms with Gasteiger partial charge >= 0.3 is 0 Å². The summed E-state index contributed by atoms with van der Waals surface area (Å²) in [6.07, 6.45) is 3.61. The molecule has 0 aliphatic rings. The lowest BCUT2D eigenvalue weighted by Crippen LogP contribution is -2.23. The number of nitrogens with zero attached hydrogens (tertiary/aromatic N) is 2. The van der Waals surface area contributed by atoms with Crippen LogP contribution in [0.1, 0.15) is 5.56 Å². The molecule has 1 N–H and O–H groups in total. The Morgan fingerprint density at radius 2 is 2.15 bits per heavy atom. The summed E-state index contributed by atoms with van der Waals surface area (Å²) < 4.78 is 0. The number of hydrogen-bond acceptors (Lipinski definition) is 3. The van der Waals surface area contributed by atoms with Crippen LogP contribution in [0.3, 0.4) is 0 Å². The monoisotopic (exact) mass is 285 g/mol. The molecule has 0 spiro atoms. The van der Waals surface area contributed by atoms with Gasteiger partial charge in [-0.1, -0.05) is 29.8 Å². The number of halogens is 1. The predicted molar refractivity (Wildman–Crippen MR) is 77.1 cm³/mol. The van der Waals surface area contributed by atoms with E-state index in [9.17, 15) is 4.79 Å². The van der Waals surface area contributed by atoms with Crippen molar-refractivity contribution in [1.82, 2.24) is 4.98 Å². The van der Waals surface area contributed by atoms with Crippen LogP contribution in [0, 0.1) is 17.2 Å². The number of carbonyl (C=O) groups excluding carboxylic acids is 1. The zero-order valence-electron chi connectivity index (χ0n) is 10.6. The second-order valence-electron chi connectivity index (χ2n) is 4.22. The van der Waals surface area contributed by atoms with Crippen molar-refractivity contribution in [3.63, 3.8) is 0 Å². The van der Waals surface area contributed by atoms with E-state index in [2.05, 4.69) is 10.3 Å². The predicted octanol–water partition coefficient (Wildman–Crippen LogP) is 3.06. The minimum absolute atomic E-state index is 0.320. The fourth-order valence-electron chi connectivity index (χ4n) is 1.73. The Hall–Kier alpha value is -2.38. The topological polar surface area (TPSA) is 65.8 Å². The number of nitrogens with one attached hydrogen (secondary N) is 1. The third kappa shape index (κ3) is 3.56. The molecule has 1 atom stereocenters. The second-order valence-corrected chi connectivity index (χ2v) is 4.62. The van der Waals surface area contributed by atoms with Crippen molar-refractivity contribution in [1.29, 1.82) is 5.26 Å². The first kappa shape index (κ1) is 14.0. The van der Waals surface area contributed by atoms with Crippen molar-refractivity contribution in [2.24, 2.45) is 5.92 Å². The van der Waals surface area contributed by atoms with E-state index >= 15 is 0 Å². The molecule has 0 saturated carbocycles. The molecule has 1 unspecified atom stereocenters. The lowest BCUT2D eigenvalue weighted by molar-refractivity contribution is -0.118. The number of hydrogen-bond donors (Lipinski definition) is 1. The molecule has 0 radical (unpaired) electrons. The van der Waals surface area contributed by atoms with Crippen LogP contribution in [-0.4, -0.2) is 10.9 Å². The van der Waals surface area contributed by atoms with Crippen LogP contribution >= 0.6 is 11.6 Å². The molecule has 0 fully saturated rings.